The molecular weight excluding hydrogens is 326 g/mol. The summed E-state index contributed by atoms with van der Waals surface area (Å²) in [6, 6.07) is 12.7. The second kappa shape index (κ2) is 7.46. The van der Waals surface area contributed by atoms with Gasteiger partial charge in [0.05, 0.1) is 24.3 Å². The van der Waals surface area contributed by atoms with E-state index in [9.17, 15) is 8.42 Å². The standard InChI is InChI=1S/C17H19N3O3S/c21-24(22,14-8-15-5-2-1-3-6-15)19-16-7-4-9-18-17(16)20-10-12-23-13-11-20/h1-9,14,19H,10-13H2/b14-8+. The molecule has 0 spiro atoms. The summed E-state index contributed by atoms with van der Waals surface area (Å²) in [6.07, 6.45) is 3.22. The molecule has 1 N–H and O–H groups in total. The van der Waals surface area contributed by atoms with Crippen molar-refractivity contribution in [2.45, 2.75) is 0 Å². The molecule has 2 heterocycles. The first-order valence-electron chi connectivity index (χ1n) is 7.68. The van der Waals surface area contributed by atoms with Crippen LogP contribution in [-0.2, 0) is 14.8 Å². The fourth-order valence-electron chi connectivity index (χ4n) is 2.42. The molecule has 0 radical (unpaired) electrons. The second-order valence-electron chi connectivity index (χ2n) is 5.33. The third-order valence-electron chi connectivity index (χ3n) is 3.59. The summed E-state index contributed by atoms with van der Waals surface area (Å²) < 4.78 is 32.6. The molecule has 0 aliphatic carbocycles. The lowest BCUT2D eigenvalue weighted by Crippen LogP contribution is -2.37. The summed E-state index contributed by atoms with van der Waals surface area (Å²) in [4.78, 5) is 6.34. The minimum Gasteiger partial charge on any atom is -0.378 e. The molecule has 24 heavy (non-hydrogen) atoms. The van der Waals surface area contributed by atoms with Crippen LogP contribution in [0.15, 0.2) is 54.1 Å². The fourth-order valence-corrected chi connectivity index (χ4v) is 3.29. The number of nitrogens with zero attached hydrogens (tertiary/aromatic N) is 2. The molecule has 7 heteroatoms. The van der Waals surface area contributed by atoms with Gasteiger partial charge in [-0.15, -0.1) is 0 Å². The van der Waals surface area contributed by atoms with Crippen LogP contribution in [0.1, 0.15) is 5.56 Å². The number of benzene rings is 1. The van der Waals surface area contributed by atoms with Crippen molar-refractivity contribution in [3.63, 3.8) is 0 Å². The van der Waals surface area contributed by atoms with Crippen molar-refractivity contribution in [1.29, 1.82) is 0 Å². The molecular formula is C17H19N3O3S. The highest BCUT2D eigenvalue weighted by Gasteiger charge is 2.18. The van der Waals surface area contributed by atoms with Crippen molar-refractivity contribution in [3.05, 3.63) is 59.6 Å². The van der Waals surface area contributed by atoms with Crippen LogP contribution in [-0.4, -0.2) is 39.7 Å². The van der Waals surface area contributed by atoms with E-state index < -0.39 is 10.0 Å². The Balaban J connectivity index is 1.78. The SMILES string of the molecule is O=S(=O)(/C=C/c1ccccc1)Nc1cccnc1N1CCOCC1. The van der Waals surface area contributed by atoms with Crippen molar-refractivity contribution in [2.75, 3.05) is 35.9 Å². The molecule has 0 bridgehead atoms. The maximum absolute atomic E-state index is 12.3. The topological polar surface area (TPSA) is 71.5 Å². The van der Waals surface area contributed by atoms with Gasteiger partial charge >= 0.3 is 0 Å². The zero-order chi connectivity index (χ0) is 16.8. The Hall–Kier alpha value is -2.38. The Kier molecular flexibility index (Phi) is 5.12. The molecule has 1 aromatic carbocycles. The van der Waals surface area contributed by atoms with Gasteiger partial charge in [0.25, 0.3) is 10.0 Å². The van der Waals surface area contributed by atoms with Crippen molar-refractivity contribution in [3.8, 4) is 0 Å². The highest BCUT2D eigenvalue weighted by atomic mass is 32.2. The quantitative estimate of drug-likeness (QED) is 0.900. The summed E-state index contributed by atoms with van der Waals surface area (Å²) in [7, 11) is -3.62. The van der Waals surface area contributed by atoms with Crippen LogP contribution in [0.3, 0.4) is 0 Å². The number of aromatic nitrogens is 1. The van der Waals surface area contributed by atoms with Gasteiger partial charge in [-0.25, -0.2) is 13.4 Å². The van der Waals surface area contributed by atoms with Gasteiger partial charge in [0.2, 0.25) is 0 Å². The van der Waals surface area contributed by atoms with Crippen LogP contribution in [0, 0.1) is 0 Å². The number of ether oxygens (including phenoxy) is 1. The van der Waals surface area contributed by atoms with Crippen molar-refractivity contribution >= 4 is 27.6 Å². The highest BCUT2D eigenvalue weighted by Crippen LogP contribution is 2.24. The minimum atomic E-state index is -3.62. The Morgan fingerprint density at radius 1 is 1.08 bits per heavy atom. The van der Waals surface area contributed by atoms with Gasteiger partial charge in [-0.3, -0.25) is 4.72 Å². The molecule has 1 aliphatic heterocycles. The van der Waals surface area contributed by atoms with Crippen LogP contribution in [0.2, 0.25) is 0 Å². The number of sulfonamides is 1. The van der Waals surface area contributed by atoms with E-state index in [4.69, 9.17) is 4.74 Å². The smallest absolute Gasteiger partial charge is 0.255 e. The van der Waals surface area contributed by atoms with Gasteiger partial charge in [0, 0.05) is 19.3 Å². The number of anilines is 2. The normalized spacial score (nSPS) is 15.6. The number of pyridine rings is 1. The highest BCUT2D eigenvalue weighted by molar-refractivity contribution is 7.95. The minimum absolute atomic E-state index is 0.470. The average Bonchev–Trinajstić information content (AvgIpc) is 2.62. The summed E-state index contributed by atoms with van der Waals surface area (Å²) in [5.41, 5.74) is 1.29. The summed E-state index contributed by atoms with van der Waals surface area (Å²) >= 11 is 0. The van der Waals surface area contributed by atoms with Crippen molar-refractivity contribution in [2.24, 2.45) is 0 Å². The molecule has 1 saturated heterocycles. The van der Waals surface area contributed by atoms with Crippen LogP contribution in [0.25, 0.3) is 6.08 Å². The van der Waals surface area contributed by atoms with E-state index in [1.165, 1.54) is 5.41 Å². The van der Waals surface area contributed by atoms with Gasteiger partial charge in [-0.05, 0) is 23.8 Å². The second-order valence-corrected chi connectivity index (χ2v) is 6.90. The zero-order valence-corrected chi connectivity index (χ0v) is 13.9. The van der Waals surface area contributed by atoms with Gasteiger partial charge in [0.1, 0.15) is 0 Å². The van der Waals surface area contributed by atoms with E-state index in [1.54, 1.807) is 24.4 Å². The van der Waals surface area contributed by atoms with E-state index in [1.807, 2.05) is 35.2 Å². The number of hydrogen-bond acceptors (Lipinski definition) is 5. The summed E-state index contributed by atoms with van der Waals surface area (Å²) in [5.74, 6) is 0.623. The van der Waals surface area contributed by atoms with E-state index in [0.717, 1.165) is 5.56 Å². The first-order chi connectivity index (χ1) is 11.6. The molecule has 1 aliphatic rings. The summed E-state index contributed by atoms with van der Waals surface area (Å²) in [6.45, 7) is 2.59. The molecule has 0 unspecified atom stereocenters. The lowest BCUT2D eigenvalue weighted by molar-refractivity contribution is 0.122. The van der Waals surface area contributed by atoms with Gasteiger partial charge in [0.15, 0.2) is 5.82 Å². The van der Waals surface area contributed by atoms with Crippen molar-refractivity contribution in [1.82, 2.24) is 4.98 Å². The molecule has 3 rings (SSSR count). The van der Waals surface area contributed by atoms with E-state index in [2.05, 4.69) is 9.71 Å². The third-order valence-corrected chi connectivity index (χ3v) is 4.59. The van der Waals surface area contributed by atoms with E-state index in [-0.39, 0.29) is 0 Å². The Morgan fingerprint density at radius 2 is 1.83 bits per heavy atom. The van der Waals surface area contributed by atoms with Crippen LogP contribution in [0.5, 0.6) is 0 Å². The molecule has 6 nitrogen and oxygen atoms in total. The number of rotatable bonds is 5. The number of nitrogens with one attached hydrogen (secondary N) is 1. The molecule has 2 aromatic rings. The van der Waals surface area contributed by atoms with Crippen molar-refractivity contribution < 1.29 is 13.2 Å². The third kappa shape index (κ3) is 4.33. The van der Waals surface area contributed by atoms with Crippen LogP contribution in [0.4, 0.5) is 11.5 Å². The first-order valence-corrected chi connectivity index (χ1v) is 9.22. The summed E-state index contributed by atoms with van der Waals surface area (Å²) in [5, 5.41) is 1.17. The lowest BCUT2D eigenvalue weighted by Gasteiger charge is -2.29. The van der Waals surface area contributed by atoms with Crippen LogP contribution >= 0.6 is 0 Å². The zero-order valence-electron chi connectivity index (χ0n) is 13.1. The Bertz CT molecular complexity index is 801. The Labute approximate surface area is 141 Å². The number of morpholine rings is 1. The first kappa shape index (κ1) is 16.5. The molecule has 126 valence electrons. The predicted molar refractivity (Wildman–Crippen MR) is 95.3 cm³/mol. The van der Waals surface area contributed by atoms with Gasteiger partial charge in [-0.2, -0.15) is 0 Å². The monoisotopic (exact) mass is 345 g/mol. The van der Waals surface area contributed by atoms with E-state index >= 15 is 0 Å². The number of hydrogen-bond donors (Lipinski definition) is 1. The van der Waals surface area contributed by atoms with Crippen LogP contribution < -0.4 is 9.62 Å². The van der Waals surface area contributed by atoms with Gasteiger partial charge < -0.3 is 9.64 Å². The molecule has 1 aromatic heterocycles. The maximum Gasteiger partial charge on any atom is 0.255 e. The molecule has 0 atom stereocenters. The molecule has 0 saturated carbocycles. The van der Waals surface area contributed by atoms with E-state index in [0.29, 0.717) is 37.8 Å². The largest absolute Gasteiger partial charge is 0.378 e. The fraction of sp³-hybridized carbons (Fsp3) is 0.235. The predicted octanol–water partition coefficient (Wildman–Crippen LogP) is 2.33. The maximum atomic E-state index is 12.3. The average molecular weight is 345 g/mol. The Morgan fingerprint density at radius 3 is 2.58 bits per heavy atom. The van der Waals surface area contributed by atoms with Gasteiger partial charge in [-0.1, -0.05) is 30.3 Å². The lowest BCUT2D eigenvalue weighted by atomic mass is 10.2. The molecule has 1 fully saturated rings. The molecule has 0 amide bonds.